The molecular formula is C23H22N4O6S2. The first-order chi connectivity index (χ1) is 16.8. The van der Waals surface area contributed by atoms with Crippen molar-refractivity contribution in [2.24, 2.45) is 0 Å². The largest absolute Gasteiger partial charge is 0.490 e. The van der Waals surface area contributed by atoms with E-state index in [2.05, 4.69) is 14.7 Å². The number of nitrogens with zero attached hydrogens (tertiary/aromatic N) is 3. The molecule has 0 unspecified atom stereocenters. The van der Waals surface area contributed by atoms with Gasteiger partial charge in [-0.2, -0.15) is 14.6 Å². The fourth-order valence-electron chi connectivity index (χ4n) is 2.72. The lowest BCUT2D eigenvalue weighted by atomic mass is 10.1. The number of benzene rings is 2. The molecule has 0 saturated heterocycles. The first-order valence-corrected chi connectivity index (χ1v) is 13.0. The van der Waals surface area contributed by atoms with Gasteiger partial charge in [0.25, 0.3) is 11.1 Å². The third-order valence-electron chi connectivity index (χ3n) is 4.26. The Kier molecular flexibility index (Phi) is 8.77. The summed E-state index contributed by atoms with van der Waals surface area (Å²) in [6.45, 7) is 2.83. The van der Waals surface area contributed by atoms with Crippen molar-refractivity contribution in [3.8, 4) is 23.3 Å². The van der Waals surface area contributed by atoms with Crippen LogP contribution in [0.3, 0.4) is 0 Å². The van der Waals surface area contributed by atoms with Crippen LogP contribution in [-0.4, -0.2) is 49.8 Å². The number of nitrogens with one attached hydrogen (secondary N) is 1. The van der Waals surface area contributed by atoms with Crippen LogP contribution in [0.4, 0.5) is 5.13 Å². The summed E-state index contributed by atoms with van der Waals surface area (Å²) in [6, 6.07) is 16.2. The van der Waals surface area contributed by atoms with Crippen molar-refractivity contribution in [3.05, 3.63) is 59.7 Å². The molecule has 3 rings (SSSR count). The Balaban J connectivity index is 1.68. The van der Waals surface area contributed by atoms with E-state index in [4.69, 9.17) is 14.2 Å². The van der Waals surface area contributed by atoms with Gasteiger partial charge in [0.2, 0.25) is 15.0 Å². The molecule has 0 saturated carbocycles. The average molecular weight is 515 g/mol. The number of para-hydroxylation sites is 1. The van der Waals surface area contributed by atoms with Gasteiger partial charge in [-0.05, 0) is 42.8 Å². The van der Waals surface area contributed by atoms with Crippen LogP contribution < -0.4 is 19.5 Å². The highest BCUT2D eigenvalue weighted by molar-refractivity contribution is 7.90. The van der Waals surface area contributed by atoms with Gasteiger partial charge >= 0.3 is 0 Å². The van der Waals surface area contributed by atoms with Crippen molar-refractivity contribution in [3.63, 3.8) is 0 Å². The number of sulfone groups is 1. The summed E-state index contributed by atoms with van der Waals surface area (Å²) >= 11 is 0.702. The maximum Gasteiger partial charge on any atom is 0.268 e. The molecule has 1 heterocycles. The number of anilines is 1. The molecule has 0 radical (unpaired) electrons. The molecule has 0 spiro atoms. The first kappa shape index (κ1) is 25.7. The van der Waals surface area contributed by atoms with Crippen LogP contribution in [0.25, 0.3) is 6.08 Å². The van der Waals surface area contributed by atoms with E-state index in [1.54, 1.807) is 18.2 Å². The van der Waals surface area contributed by atoms with E-state index < -0.39 is 20.9 Å². The third kappa shape index (κ3) is 7.53. The van der Waals surface area contributed by atoms with Crippen molar-refractivity contribution >= 4 is 38.5 Å². The highest BCUT2D eigenvalue weighted by Crippen LogP contribution is 2.29. The van der Waals surface area contributed by atoms with Gasteiger partial charge in [-0.25, -0.2) is 8.42 Å². The topological polar surface area (TPSA) is 140 Å². The Morgan fingerprint density at radius 3 is 2.51 bits per heavy atom. The predicted octanol–water partition coefficient (Wildman–Crippen LogP) is 3.34. The van der Waals surface area contributed by atoms with Crippen LogP contribution in [-0.2, 0) is 14.6 Å². The van der Waals surface area contributed by atoms with Gasteiger partial charge in [0.05, 0.1) is 6.61 Å². The molecule has 35 heavy (non-hydrogen) atoms. The van der Waals surface area contributed by atoms with E-state index in [1.807, 2.05) is 43.3 Å². The zero-order chi connectivity index (χ0) is 25.3. The summed E-state index contributed by atoms with van der Waals surface area (Å²) in [5.41, 5.74) is 0.315. The number of carbonyl (C=O) groups is 1. The second-order valence-corrected chi connectivity index (χ2v) is 9.59. The second-order valence-electron chi connectivity index (χ2n) is 6.93. The summed E-state index contributed by atoms with van der Waals surface area (Å²) in [6.07, 6.45) is 2.33. The van der Waals surface area contributed by atoms with Crippen LogP contribution in [0.5, 0.6) is 17.2 Å². The fraction of sp³-hybridized carbons (Fsp3) is 0.217. The van der Waals surface area contributed by atoms with Crippen LogP contribution in [0, 0.1) is 11.3 Å². The molecule has 1 N–H and O–H groups in total. The van der Waals surface area contributed by atoms with Crippen LogP contribution in [0.1, 0.15) is 12.5 Å². The lowest BCUT2D eigenvalue weighted by Crippen LogP contribution is -2.13. The van der Waals surface area contributed by atoms with Crippen LogP contribution >= 0.6 is 11.5 Å². The Morgan fingerprint density at radius 2 is 1.86 bits per heavy atom. The molecule has 12 heteroatoms. The van der Waals surface area contributed by atoms with Gasteiger partial charge < -0.3 is 14.2 Å². The highest BCUT2D eigenvalue weighted by atomic mass is 32.2. The smallest absolute Gasteiger partial charge is 0.268 e. The van der Waals surface area contributed by atoms with E-state index >= 15 is 0 Å². The zero-order valence-electron chi connectivity index (χ0n) is 18.9. The Morgan fingerprint density at radius 1 is 1.11 bits per heavy atom. The minimum Gasteiger partial charge on any atom is -0.490 e. The molecule has 182 valence electrons. The molecule has 0 atom stereocenters. The Labute approximate surface area is 206 Å². The van der Waals surface area contributed by atoms with Crippen LogP contribution in [0.2, 0.25) is 0 Å². The number of hydrogen-bond acceptors (Lipinski definition) is 10. The number of carbonyl (C=O) groups excluding carboxylic acids is 1. The van der Waals surface area contributed by atoms with E-state index in [0.29, 0.717) is 41.8 Å². The monoisotopic (exact) mass is 514 g/mol. The number of amides is 1. The van der Waals surface area contributed by atoms with Crippen LogP contribution in [0.15, 0.2) is 59.3 Å². The number of ether oxygens (including phenoxy) is 3. The van der Waals surface area contributed by atoms with E-state index in [1.165, 1.54) is 6.08 Å². The summed E-state index contributed by atoms with van der Waals surface area (Å²) in [4.78, 5) is 16.2. The number of aromatic nitrogens is 2. The molecule has 3 aromatic rings. The maximum atomic E-state index is 12.5. The molecule has 2 aromatic carbocycles. The van der Waals surface area contributed by atoms with Crippen molar-refractivity contribution in [2.75, 3.05) is 31.4 Å². The van der Waals surface area contributed by atoms with Crippen molar-refractivity contribution < 1.29 is 27.4 Å². The third-order valence-corrected chi connectivity index (χ3v) is 5.85. The summed E-state index contributed by atoms with van der Waals surface area (Å²) in [5.74, 6) is 0.927. The Hall–Kier alpha value is -3.95. The van der Waals surface area contributed by atoms with Crippen molar-refractivity contribution in [1.29, 1.82) is 5.26 Å². The quantitative estimate of drug-likeness (QED) is 0.232. The Bertz CT molecular complexity index is 1350. The SMILES string of the molecule is CCOc1cc(C=C(C#N)C(=O)Nc2nc(S(C)(=O)=O)ns2)ccc1OCCOc1ccccc1. The normalized spacial score (nSPS) is 11.4. The average Bonchev–Trinajstić information content (AvgIpc) is 3.31. The summed E-state index contributed by atoms with van der Waals surface area (Å²) < 4.78 is 43.7. The van der Waals surface area contributed by atoms with Crippen molar-refractivity contribution in [1.82, 2.24) is 9.36 Å². The summed E-state index contributed by atoms with van der Waals surface area (Å²) in [5, 5.41) is 11.4. The molecule has 0 aliphatic heterocycles. The predicted molar refractivity (Wildman–Crippen MR) is 130 cm³/mol. The van der Waals surface area contributed by atoms with Gasteiger partial charge in [0.1, 0.15) is 30.6 Å². The summed E-state index contributed by atoms with van der Waals surface area (Å²) in [7, 11) is -3.61. The van der Waals surface area contributed by atoms with Crippen molar-refractivity contribution in [2.45, 2.75) is 12.1 Å². The molecule has 0 aliphatic carbocycles. The van der Waals surface area contributed by atoms with E-state index in [9.17, 15) is 18.5 Å². The minimum atomic E-state index is -3.61. The lowest BCUT2D eigenvalue weighted by Gasteiger charge is -2.13. The molecule has 1 aromatic heterocycles. The molecule has 0 aliphatic rings. The maximum absolute atomic E-state index is 12.5. The van der Waals surface area contributed by atoms with Gasteiger partial charge in [0, 0.05) is 17.8 Å². The molecular weight excluding hydrogens is 492 g/mol. The van der Waals surface area contributed by atoms with Gasteiger partial charge in [-0.15, -0.1) is 0 Å². The molecule has 0 fully saturated rings. The van der Waals surface area contributed by atoms with Gasteiger partial charge in [-0.1, -0.05) is 24.3 Å². The highest BCUT2D eigenvalue weighted by Gasteiger charge is 2.18. The zero-order valence-corrected chi connectivity index (χ0v) is 20.6. The standard InChI is InChI=1S/C23H22N4O6S2/c1-3-31-20-14-16(9-10-19(20)33-12-11-32-18-7-5-4-6-8-18)13-17(15-24)21(28)25-22-26-23(27-34-22)35(2,29)30/h4-10,13-14H,3,11-12H2,1-2H3,(H,25,26,27,28). The second kappa shape index (κ2) is 12.0. The fourth-order valence-corrected chi connectivity index (χ4v) is 4.16. The molecule has 10 nitrogen and oxygen atoms in total. The molecule has 1 amide bonds. The number of rotatable bonds is 11. The number of hydrogen-bond donors (Lipinski definition) is 1. The first-order valence-electron chi connectivity index (χ1n) is 10.3. The van der Waals surface area contributed by atoms with Gasteiger partial charge in [-0.3, -0.25) is 10.1 Å². The van der Waals surface area contributed by atoms with E-state index in [0.717, 1.165) is 12.0 Å². The van der Waals surface area contributed by atoms with Gasteiger partial charge in [0.15, 0.2) is 11.5 Å². The molecule has 0 bridgehead atoms. The minimum absolute atomic E-state index is 0.0342. The number of nitriles is 1. The van der Waals surface area contributed by atoms with E-state index in [-0.39, 0.29) is 17.3 Å². The lowest BCUT2D eigenvalue weighted by molar-refractivity contribution is -0.112.